The number of aromatic nitrogens is 5. The number of halogens is 1. The van der Waals surface area contributed by atoms with E-state index in [2.05, 4.69) is 35.9 Å². The number of nitrogen functional groups attached to an aromatic ring is 1. The van der Waals surface area contributed by atoms with E-state index in [1.54, 1.807) is 12.5 Å². The van der Waals surface area contributed by atoms with Gasteiger partial charge in [0.2, 0.25) is 0 Å². The summed E-state index contributed by atoms with van der Waals surface area (Å²) >= 11 is 3.42. The number of benzene rings is 1. The number of fused-ring (bicyclic) bond motifs is 2. The lowest BCUT2D eigenvalue weighted by Gasteiger charge is -2.06. The van der Waals surface area contributed by atoms with E-state index >= 15 is 0 Å². The molecule has 0 unspecified atom stereocenters. The molecule has 0 saturated heterocycles. The van der Waals surface area contributed by atoms with Crippen LogP contribution in [0.25, 0.3) is 22.1 Å². The molecular weight excluding hydrogens is 400 g/mol. The highest BCUT2D eigenvalue weighted by Gasteiger charge is 2.14. The number of carbonyl (C=O) groups excluding carboxylic acids is 1. The van der Waals surface area contributed by atoms with Crippen molar-refractivity contribution >= 4 is 49.8 Å². The van der Waals surface area contributed by atoms with Gasteiger partial charge in [0.15, 0.2) is 11.5 Å². The Morgan fingerprint density at radius 1 is 1.31 bits per heavy atom. The molecule has 0 spiro atoms. The predicted molar refractivity (Wildman–Crippen MR) is 101 cm³/mol. The van der Waals surface area contributed by atoms with Crippen LogP contribution in [0.15, 0.2) is 41.5 Å². The van der Waals surface area contributed by atoms with E-state index in [4.69, 9.17) is 10.5 Å². The number of aryl methyl sites for hydroxylation is 1. The molecule has 3 heterocycles. The average molecular weight is 415 g/mol. The highest BCUT2D eigenvalue weighted by atomic mass is 79.9. The lowest BCUT2D eigenvalue weighted by molar-refractivity contribution is 0.0498. The summed E-state index contributed by atoms with van der Waals surface area (Å²) < 4.78 is 8.18. The molecule has 26 heavy (non-hydrogen) atoms. The molecule has 0 amide bonds. The molecule has 1 aromatic carbocycles. The fourth-order valence-corrected chi connectivity index (χ4v) is 3.16. The first kappa shape index (κ1) is 16.5. The number of hydrogen-bond acceptors (Lipinski definition) is 6. The number of rotatable bonds is 5. The summed E-state index contributed by atoms with van der Waals surface area (Å²) in [5.41, 5.74) is 8.44. The third-order valence-corrected chi connectivity index (χ3v) is 4.56. The normalized spacial score (nSPS) is 11.3. The summed E-state index contributed by atoms with van der Waals surface area (Å²) in [4.78, 5) is 27.7. The minimum atomic E-state index is -0.351. The van der Waals surface area contributed by atoms with Gasteiger partial charge < -0.3 is 20.0 Å². The van der Waals surface area contributed by atoms with Crippen LogP contribution in [0, 0.1) is 0 Å². The van der Waals surface area contributed by atoms with Crippen LogP contribution in [-0.2, 0) is 11.3 Å². The molecule has 8 nitrogen and oxygen atoms in total. The maximum Gasteiger partial charge on any atom is 0.340 e. The lowest BCUT2D eigenvalue weighted by atomic mass is 10.2. The van der Waals surface area contributed by atoms with E-state index in [-0.39, 0.29) is 5.97 Å². The average Bonchev–Trinajstić information content (AvgIpc) is 3.23. The van der Waals surface area contributed by atoms with Crippen LogP contribution in [0.3, 0.4) is 0 Å². The molecule has 9 heteroatoms. The van der Waals surface area contributed by atoms with Crippen molar-refractivity contribution in [1.82, 2.24) is 24.5 Å². The summed E-state index contributed by atoms with van der Waals surface area (Å²) in [5, 5.41) is 0.831. The summed E-state index contributed by atoms with van der Waals surface area (Å²) in [6, 6.07) is 5.72. The van der Waals surface area contributed by atoms with E-state index in [0.717, 1.165) is 15.4 Å². The van der Waals surface area contributed by atoms with Crippen LogP contribution in [-0.4, -0.2) is 37.1 Å². The van der Waals surface area contributed by atoms with Crippen LogP contribution in [0.2, 0.25) is 0 Å². The second-order valence-electron chi connectivity index (χ2n) is 5.75. The van der Waals surface area contributed by atoms with Gasteiger partial charge in [0.25, 0.3) is 0 Å². The van der Waals surface area contributed by atoms with Crippen molar-refractivity contribution in [1.29, 1.82) is 0 Å². The fraction of sp³-hybridized carbons (Fsp3) is 0.176. The second kappa shape index (κ2) is 6.75. The monoisotopic (exact) mass is 414 g/mol. The molecule has 132 valence electrons. The lowest BCUT2D eigenvalue weighted by Crippen LogP contribution is -2.08. The summed E-state index contributed by atoms with van der Waals surface area (Å²) in [7, 11) is 0. The molecule has 0 aliphatic heterocycles. The standard InChI is InChI=1S/C17H15BrN6O2/c18-10-2-3-13-11(6-10)12(7-20-13)17(25)26-5-1-4-24-9-23-14-15(19)21-8-22-16(14)24/h2-3,6-9,20H,1,4-5H2,(H2,19,21,22). The van der Waals surface area contributed by atoms with Gasteiger partial charge in [-0.3, -0.25) is 0 Å². The third kappa shape index (κ3) is 3.01. The van der Waals surface area contributed by atoms with Crippen LogP contribution in [0.5, 0.6) is 0 Å². The molecule has 0 saturated carbocycles. The number of esters is 1. The molecule has 3 aromatic heterocycles. The van der Waals surface area contributed by atoms with Crippen molar-refractivity contribution in [2.45, 2.75) is 13.0 Å². The van der Waals surface area contributed by atoms with E-state index < -0.39 is 0 Å². The Bertz CT molecular complexity index is 1100. The zero-order valence-electron chi connectivity index (χ0n) is 13.6. The quantitative estimate of drug-likeness (QED) is 0.383. The first-order valence-corrected chi connectivity index (χ1v) is 8.78. The molecule has 3 N–H and O–H groups in total. The fourth-order valence-electron chi connectivity index (χ4n) is 2.80. The summed E-state index contributed by atoms with van der Waals surface area (Å²) in [6.45, 7) is 0.902. The highest BCUT2D eigenvalue weighted by molar-refractivity contribution is 9.10. The number of nitrogens with two attached hydrogens (primary N) is 1. The zero-order valence-corrected chi connectivity index (χ0v) is 15.2. The van der Waals surface area contributed by atoms with E-state index in [0.29, 0.717) is 42.1 Å². The van der Waals surface area contributed by atoms with Gasteiger partial charge in [-0.1, -0.05) is 15.9 Å². The second-order valence-corrected chi connectivity index (χ2v) is 6.67. The van der Waals surface area contributed by atoms with E-state index in [1.165, 1.54) is 6.33 Å². The third-order valence-electron chi connectivity index (χ3n) is 4.07. The van der Waals surface area contributed by atoms with Gasteiger partial charge in [-0.05, 0) is 24.6 Å². The van der Waals surface area contributed by atoms with Crippen molar-refractivity contribution in [3.63, 3.8) is 0 Å². The van der Waals surface area contributed by atoms with Gasteiger partial charge in [0.05, 0.1) is 18.5 Å². The van der Waals surface area contributed by atoms with Crippen molar-refractivity contribution in [2.75, 3.05) is 12.3 Å². The van der Waals surface area contributed by atoms with Crippen molar-refractivity contribution < 1.29 is 9.53 Å². The molecule has 4 aromatic rings. The van der Waals surface area contributed by atoms with Crippen LogP contribution < -0.4 is 5.73 Å². The van der Waals surface area contributed by atoms with Gasteiger partial charge in [-0.2, -0.15) is 0 Å². The zero-order chi connectivity index (χ0) is 18.1. The Kier molecular flexibility index (Phi) is 4.29. The van der Waals surface area contributed by atoms with Gasteiger partial charge >= 0.3 is 5.97 Å². The number of imidazole rings is 1. The smallest absolute Gasteiger partial charge is 0.340 e. The number of H-pyrrole nitrogens is 1. The maximum atomic E-state index is 12.3. The van der Waals surface area contributed by atoms with Crippen LogP contribution >= 0.6 is 15.9 Å². The van der Waals surface area contributed by atoms with Crippen LogP contribution in [0.4, 0.5) is 5.82 Å². The van der Waals surface area contributed by atoms with Gasteiger partial charge in [0.1, 0.15) is 11.8 Å². The topological polar surface area (TPSA) is 112 Å². The number of aromatic amines is 1. The molecule has 0 fully saturated rings. The Labute approximate surface area is 156 Å². The molecule has 0 aliphatic rings. The molecular formula is C17H15BrN6O2. The minimum Gasteiger partial charge on any atom is -0.462 e. The number of carbonyl (C=O) groups is 1. The predicted octanol–water partition coefficient (Wildman–Crippen LogP) is 2.90. The van der Waals surface area contributed by atoms with E-state index in [1.807, 2.05) is 22.8 Å². The maximum absolute atomic E-state index is 12.3. The minimum absolute atomic E-state index is 0.291. The van der Waals surface area contributed by atoms with Crippen molar-refractivity contribution in [2.24, 2.45) is 0 Å². The molecule has 0 bridgehead atoms. The number of anilines is 1. The number of ether oxygens (including phenoxy) is 1. The summed E-state index contributed by atoms with van der Waals surface area (Å²) in [6.07, 6.45) is 5.37. The first-order valence-electron chi connectivity index (χ1n) is 7.98. The number of hydrogen-bond donors (Lipinski definition) is 2. The SMILES string of the molecule is Nc1ncnc2c1ncn2CCCOC(=O)c1c[nH]c2ccc(Br)cc12. The Morgan fingerprint density at radius 2 is 2.19 bits per heavy atom. The Morgan fingerprint density at radius 3 is 3.08 bits per heavy atom. The number of nitrogens with zero attached hydrogens (tertiary/aromatic N) is 4. The first-order chi connectivity index (χ1) is 12.6. The Hall–Kier alpha value is -2.94. The molecule has 4 rings (SSSR count). The summed E-state index contributed by atoms with van der Waals surface area (Å²) in [5.74, 6) is 0.00193. The van der Waals surface area contributed by atoms with Gasteiger partial charge in [0, 0.05) is 28.1 Å². The van der Waals surface area contributed by atoms with Crippen molar-refractivity contribution in [3.8, 4) is 0 Å². The Balaban J connectivity index is 1.39. The van der Waals surface area contributed by atoms with Crippen molar-refractivity contribution in [3.05, 3.63) is 47.1 Å². The van der Waals surface area contributed by atoms with E-state index in [9.17, 15) is 4.79 Å². The van der Waals surface area contributed by atoms with Crippen LogP contribution in [0.1, 0.15) is 16.8 Å². The molecule has 0 radical (unpaired) electrons. The van der Waals surface area contributed by atoms with Gasteiger partial charge in [-0.25, -0.2) is 19.7 Å². The highest BCUT2D eigenvalue weighted by Crippen LogP contribution is 2.23. The molecule has 0 aliphatic carbocycles. The number of nitrogens with one attached hydrogen (secondary N) is 1. The molecule has 0 atom stereocenters. The largest absolute Gasteiger partial charge is 0.462 e. The van der Waals surface area contributed by atoms with Gasteiger partial charge in [-0.15, -0.1) is 0 Å².